The zero-order chi connectivity index (χ0) is 11.6. The molecule has 0 fully saturated rings. The van der Waals surface area contributed by atoms with Gasteiger partial charge in [0.25, 0.3) is 0 Å². The van der Waals surface area contributed by atoms with Gasteiger partial charge in [0.2, 0.25) is 0 Å². The average molecular weight is 220 g/mol. The van der Waals surface area contributed by atoms with Crippen LogP contribution in [0, 0.1) is 0 Å². The SMILES string of the molecule is CCC(O)C1=CCCC=CCCC=CCC1. The summed E-state index contributed by atoms with van der Waals surface area (Å²) in [5.41, 5.74) is 1.22. The maximum absolute atomic E-state index is 9.88. The van der Waals surface area contributed by atoms with Crippen molar-refractivity contribution in [3.8, 4) is 0 Å². The summed E-state index contributed by atoms with van der Waals surface area (Å²) in [6.07, 6.45) is 18.4. The molecule has 0 heterocycles. The lowest BCUT2D eigenvalue weighted by Crippen LogP contribution is -2.08. The number of hydrogen-bond donors (Lipinski definition) is 1. The molecule has 0 saturated heterocycles. The maximum Gasteiger partial charge on any atom is 0.0747 e. The highest BCUT2D eigenvalue weighted by molar-refractivity contribution is 5.10. The standard InChI is InChI=1S/C15H24O/c1-2-15(16)14-12-10-8-6-4-3-5-7-9-11-13-14/h4,6-7,9,12,15-16H,2-3,5,8,10-11,13H2,1H3. The van der Waals surface area contributed by atoms with Crippen molar-refractivity contribution in [3.63, 3.8) is 0 Å². The number of aliphatic hydroxyl groups excluding tert-OH is 1. The van der Waals surface area contributed by atoms with Gasteiger partial charge in [0.15, 0.2) is 0 Å². The Bertz CT molecular complexity index is 261. The Balaban J connectivity index is 2.58. The van der Waals surface area contributed by atoms with Gasteiger partial charge >= 0.3 is 0 Å². The summed E-state index contributed by atoms with van der Waals surface area (Å²) >= 11 is 0. The molecule has 0 aliphatic heterocycles. The summed E-state index contributed by atoms with van der Waals surface area (Å²) in [6, 6.07) is 0. The van der Waals surface area contributed by atoms with Gasteiger partial charge in [-0.15, -0.1) is 0 Å². The predicted octanol–water partition coefficient (Wildman–Crippen LogP) is 4.15. The van der Waals surface area contributed by atoms with E-state index in [4.69, 9.17) is 0 Å². The van der Waals surface area contributed by atoms with Crippen molar-refractivity contribution in [2.45, 2.75) is 58.0 Å². The fourth-order valence-corrected chi connectivity index (χ4v) is 1.95. The van der Waals surface area contributed by atoms with Crippen LogP contribution in [-0.4, -0.2) is 11.2 Å². The second-order valence-electron chi connectivity index (χ2n) is 4.34. The Morgan fingerprint density at radius 1 is 1.00 bits per heavy atom. The third-order valence-corrected chi connectivity index (χ3v) is 2.99. The second-order valence-corrected chi connectivity index (χ2v) is 4.34. The van der Waals surface area contributed by atoms with Crippen molar-refractivity contribution >= 4 is 0 Å². The molecule has 16 heavy (non-hydrogen) atoms. The van der Waals surface area contributed by atoms with Crippen molar-refractivity contribution in [1.29, 1.82) is 0 Å². The van der Waals surface area contributed by atoms with Crippen LogP contribution >= 0.6 is 0 Å². The summed E-state index contributed by atoms with van der Waals surface area (Å²) in [5.74, 6) is 0. The molecule has 1 aliphatic carbocycles. The molecule has 1 rings (SSSR count). The van der Waals surface area contributed by atoms with Crippen LogP contribution in [0.25, 0.3) is 0 Å². The van der Waals surface area contributed by atoms with E-state index in [1.54, 1.807) is 0 Å². The fourth-order valence-electron chi connectivity index (χ4n) is 1.95. The molecule has 0 aromatic carbocycles. The van der Waals surface area contributed by atoms with Crippen molar-refractivity contribution in [1.82, 2.24) is 0 Å². The summed E-state index contributed by atoms with van der Waals surface area (Å²) in [7, 11) is 0. The van der Waals surface area contributed by atoms with E-state index in [2.05, 4.69) is 30.4 Å². The van der Waals surface area contributed by atoms with E-state index < -0.39 is 0 Å². The average Bonchev–Trinajstić information content (AvgIpc) is 2.29. The lowest BCUT2D eigenvalue weighted by atomic mass is 9.99. The fraction of sp³-hybridized carbons (Fsp3) is 0.600. The van der Waals surface area contributed by atoms with Crippen molar-refractivity contribution < 1.29 is 5.11 Å². The highest BCUT2D eigenvalue weighted by atomic mass is 16.3. The molecule has 1 unspecified atom stereocenters. The van der Waals surface area contributed by atoms with Gasteiger partial charge in [-0.25, -0.2) is 0 Å². The minimum Gasteiger partial charge on any atom is -0.389 e. The molecule has 1 atom stereocenters. The molecule has 0 bridgehead atoms. The van der Waals surface area contributed by atoms with E-state index in [0.29, 0.717) is 0 Å². The van der Waals surface area contributed by atoms with Crippen LogP contribution < -0.4 is 0 Å². The van der Waals surface area contributed by atoms with Crippen molar-refractivity contribution in [2.75, 3.05) is 0 Å². The molecule has 0 saturated carbocycles. The maximum atomic E-state index is 9.88. The van der Waals surface area contributed by atoms with Crippen LogP contribution in [-0.2, 0) is 0 Å². The quantitative estimate of drug-likeness (QED) is 0.693. The Morgan fingerprint density at radius 2 is 1.56 bits per heavy atom. The molecule has 0 spiro atoms. The van der Waals surface area contributed by atoms with E-state index in [1.807, 2.05) is 6.92 Å². The lowest BCUT2D eigenvalue weighted by Gasteiger charge is -2.12. The number of rotatable bonds is 2. The minimum atomic E-state index is -0.236. The molecule has 1 N–H and O–H groups in total. The van der Waals surface area contributed by atoms with E-state index in [1.165, 1.54) is 5.57 Å². The number of aliphatic hydroxyl groups is 1. The Hall–Kier alpha value is -0.820. The molecule has 0 radical (unpaired) electrons. The third kappa shape index (κ3) is 5.32. The van der Waals surface area contributed by atoms with E-state index >= 15 is 0 Å². The van der Waals surface area contributed by atoms with Crippen LogP contribution in [0.3, 0.4) is 0 Å². The Kier molecular flexibility index (Phi) is 6.91. The highest BCUT2D eigenvalue weighted by Gasteiger charge is 2.06. The first-order valence-electron chi connectivity index (χ1n) is 6.51. The van der Waals surface area contributed by atoms with Gasteiger partial charge in [-0.05, 0) is 50.5 Å². The molecular formula is C15H24O. The van der Waals surface area contributed by atoms with Gasteiger partial charge in [-0.1, -0.05) is 37.3 Å². The van der Waals surface area contributed by atoms with Gasteiger partial charge in [0.05, 0.1) is 6.10 Å². The van der Waals surface area contributed by atoms with E-state index in [9.17, 15) is 5.11 Å². The minimum absolute atomic E-state index is 0.236. The lowest BCUT2D eigenvalue weighted by molar-refractivity contribution is 0.202. The third-order valence-electron chi connectivity index (χ3n) is 2.99. The normalized spacial score (nSPS) is 20.8. The summed E-state index contributed by atoms with van der Waals surface area (Å²) < 4.78 is 0. The highest BCUT2D eigenvalue weighted by Crippen LogP contribution is 2.16. The summed E-state index contributed by atoms with van der Waals surface area (Å²) in [6.45, 7) is 2.04. The number of hydrogen-bond acceptors (Lipinski definition) is 1. The first kappa shape index (κ1) is 13.2. The topological polar surface area (TPSA) is 20.2 Å². The number of allylic oxidation sites excluding steroid dienone is 5. The molecule has 0 aromatic heterocycles. The van der Waals surface area contributed by atoms with Gasteiger partial charge < -0.3 is 5.11 Å². The summed E-state index contributed by atoms with van der Waals surface area (Å²) in [4.78, 5) is 0. The van der Waals surface area contributed by atoms with Gasteiger partial charge in [0, 0.05) is 0 Å². The molecule has 90 valence electrons. The van der Waals surface area contributed by atoms with Gasteiger partial charge in [0.1, 0.15) is 0 Å². The van der Waals surface area contributed by atoms with Crippen LogP contribution in [0.2, 0.25) is 0 Å². The Morgan fingerprint density at radius 3 is 2.19 bits per heavy atom. The van der Waals surface area contributed by atoms with Crippen LogP contribution in [0.1, 0.15) is 51.9 Å². The first-order valence-corrected chi connectivity index (χ1v) is 6.51. The van der Waals surface area contributed by atoms with Crippen LogP contribution in [0.4, 0.5) is 0 Å². The molecule has 0 aromatic rings. The first-order chi connectivity index (χ1) is 7.84. The molecular weight excluding hydrogens is 196 g/mol. The smallest absolute Gasteiger partial charge is 0.0747 e. The van der Waals surface area contributed by atoms with Crippen LogP contribution in [0.15, 0.2) is 36.0 Å². The zero-order valence-corrected chi connectivity index (χ0v) is 10.4. The summed E-state index contributed by atoms with van der Waals surface area (Å²) in [5, 5.41) is 9.88. The van der Waals surface area contributed by atoms with Gasteiger partial charge in [-0.3, -0.25) is 0 Å². The molecule has 1 aliphatic rings. The zero-order valence-electron chi connectivity index (χ0n) is 10.4. The largest absolute Gasteiger partial charge is 0.389 e. The molecule has 1 nitrogen and oxygen atoms in total. The second kappa shape index (κ2) is 8.35. The van der Waals surface area contributed by atoms with E-state index in [0.717, 1.165) is 44.9 Å². The van der Waals surface area contributed by atoms with Crippen LogP contribution in [0.5, 0.6) is 0 Å². The van der Waals surface area contributed by atoms with Crippen molar-refractivity contribution in [2.24, 2.45) is 0 Å². The van der Waals surface area contributed by atoms with Crippen molar-refractivity contribution in [3.05, 3.63) is 36.0 Å². The van der Waals surface area contributed by atoms with E-state index in [-0.39, 0.29) is 6.10 Å². The van der Waals surface area contributed by atoms with Gasteiger partial charge in [-0.2, -0.15) is 0 Å². The molecule has 0 amide bonds. The Labute approximate surface area is 99.6 Å². The molecule has 1 heteroatoms. The monoisotopic (exact) mass is 220 g/mol. The predicted molar refractivity (Wildman–Crippen MR) is 70.4 cm³/mol.